The van der Waals surface area contributed by atoms with Gasteiger partial charge in [0.05, 0.1) is 17.9 Å². The standard InChI is InChI=1S/C26H28N2O2S3/c1-2-30-25(29)23-19-14-8-3-4-9-16-21(19)33-24(23)28-26(31)27-20-15-10-11-17-22(20)32-18-12-6-5-7-13-18/h5-7,10-13,15,17H,2-4,8-9,14,16H2,1H3,(H2,27,28,31). The van der Waals surface area contributed by atoms with Crippen molar-refractivity contribution in [3.8, 4) is 0 Å². The second-order valence-electron chi connectivity index (χ2n) is 7.83. The number of hydrogen-bond acceptors (Lipinski definition) is 5. The average molecular weight is 497 g/mol. The summed E-state index contributed by atoms with van der Waals surface area (Å²) in [6.07, 6.45) is 6.62. The molecule has 0 fully saturated rings. The summed E-state index contributed by atoms with van der Waals surface area (Å²) in [4.78, 5) is 16.4. The molecule has 4 nitrogen and oxygen atoms in total. The Morgan fingerprint density at radius 1 is 1.00 bits per heavy atom. The first kappa shape index (κ1) is 23.8. The zero-order valence-electron chi connectivity index (χ0n) is 18.7. The Bertz CT molecular complexity index is 1110. The van der Waals surface area contributed by atoms with Crippen molar-refractivity contribution in [2.24, 2.45) is 0 Å². The van der Waals surface area contributed by atoms with Crippen LogP contribution < -0.4 is 10.6 Å². The van der Waals surface area contributed by atoms with Crippen molar-refractivity contribution in [3.63, 3.8) is 0 Å². The molecule has 172 valence electrons. The molecule has 0 saturated heterocycles. The third-order valence-corrected chi connectivity index (χ3v) is 7.98. The number of carbonyl (C=O) groups is 1. The van der Waals surface area contributed by atoms with Gasteiger partial charge < -0.3 is 15.4 Å². The normalized spacial score (nSPS) is 13.4. The highest BCUT2D eigenvalue weighted by molar-refractivity contribution is 7.99. The van der Waals surface area contributed by atoms with Gasteiger partial charge in [-0.15, -0.1) is 11.3 Å². The molecule has 1 aromatic heterocycles. The topological polar surface area (TPSA) is 50.4 Å². The van der Waals surface area contributed by atoms with Gasteiger partial charge in [-0.2, -0.15) is 0 Å². The maximum atomic E-state index is 12.9. The Morgan fingerprint density at radius 2 is 1.73 bits per heavy atom. The summed E-state index contributed by atoms with van der Waals surface area (Å²) in [5.41, 5.74) is 2.73. The van der Waals surface area contributed by atoms with E-state index in [0.29, 0.717) is 17.3 Å². The van der Waals surface area contributed by atoms with Crippen LogP contribution in [0.15, 0.2) is 64.4 Å². The highest BCUT2D eigenvalue weighted by Crippen LogP contribution is 2.38. The molecule has 2 N–H and O–H groups in total. The van der Waals surface area contributed by atoms with Crippen LogP contribution in [0.3, 0.4) is 0 Å². The summed E-state index contributed by atoms with van der Waals surface area (Å²) in [7, 11) is 0. The van der Waals surface area contributed by atoms with Crippen LogP contribution in [0.5, 0.6) is 0 Å². The monoisotopic (exact) mass is 496 g/mol. The van der Waals surface area contributed by atoms with Gasteiger partial charge in [0, 0.05) is 14.7 Å². The second-order valence-corrected chi connectivity index (χ2v) is 10.5. The van der Waals surface area contributed by atoms with E-state index < -0.39 is 0 Å². The predicted molar refractivity (Wildman–Crippen MR) is 143 cm³/mol. The van der Waals surface area contributed by atoms with Gasteiger partial charge in [0.1, 0.15) is 5.00 Å². The van der Waals surface area contributed by atoms with Gasteiger partial charge >= 0.3 is 5.97 Å². The average Bonchev–Trinajstić information content (AvgIpc) is 3.11. The maximum Gasteiger partial charge on any atom is 0.341 e. The van der Waals surface area contributed by atoms with Crippen LogP contribution in [-0.2, 0) is 17.6 Å². The molecular weight excluding hydrogens is 468 g/mol. The van der Waals surface area contributed by atoms with Gasteiger partial charge in [-0.25, -0.2) is 4.79 Å². The molecule has 0 unspecified atom stereocenters. The van der Waals surface area contributed by atoms with Crippen molar-refractivity contribution in [1.29, 1.82) is 0 Å². The van der Waals surface area contributed by atoms with Crippen molar-refractivity contribution in [3.05, 3.63) is 70.6 Å². The zero-order valence-corrected chi connectivity index (χ0v) is 21.1. The van der Waals surface area contributed by atoms with E-state index in [0.717, 1.165) is 51.7 Å². The van der Waals surface area contributed by atoms with E-state index in [1.54, 1.807) is 23.1 Å². The van der Waals surface area contributed by atoms with E-state index in [4.69, 9.17) is 17.0 Å². The molecule has 4 rings (SSSR count). The summed E-state index contributed by atoms with van der Waals surface area (Å²) in [5.74, 6) is -0.263. The minimum Gasteiger partial charge on any atom is -0.462 e. The molecule has 0 bridgehead atoms. The molecule has 7 heteroatoms. The minimum absolute atomic E-state index is 0.263. The number of para-hydroxylation sites is 1. The second kappa shape index (κ2) is 11.7. The van der Waals surface area contributed by atoms with Crippen LogP contribution in [0.25, 0.3) is 0 Å². The van der Waals surface area contributed by atoms with Crippen LogP contribution >= 0.6 is 35.3 Å². The summed E-state index contributed by atoms with van der Waals surface area (Å²) in [6, 6.07) is 18.3. The molecule has 2 aromatic carbocycles. The smallest absolute Gasteiger partial charge is 0.341 e. The number of hydrogen-bond donors (Lipinski definition) is 2. The molecule has 1 aliphatic rings. The van der Waals surface area contributed by atoms with Crippen LogP contribution in [0.1, 0.15) is 53.4 Å². The first-order valence-corrected chi connectivity index (χ1v) is 13.4. The number of aryl methyl sites for hydroxylation is 1. The maximum absolute atomic E-state index is 12.9. The molecule has 0 saturated carbocycles. The molecule has 3 aromatic rings. The number of fused-ring (bicyclic) bond motifs is 1. The number of carbonyl (C=O) groups excluding carboxylic acids is 1. The molecule has 0 aliphatic heterocycles. The van der Waals surface area contributed by atoms with Crippen molar-refractivity contribution < 1.29 is 9.53 Å². The van der Waals surface area contributed by atoms with Gasteiger partial charge in [-0.1, -0.05) is 54.9 Å². The molecule has 0 radical (unpaired) electrons. The summed E-state index contributed by atoms with van der Waals surface area (Å²) >= 11 is 8.99. The van der Waals surface area contributed by atoms with Crippen LogP contribution in [-0.4, -0.2) is 17.7 Å². The SMILES string of the molecule is CCOC(=O)c1c(NC(=S)Nc2ccccc2Sc2ccccc2)sc2c1CCCCCC2. The molecule has 33 heavy (non-hydrogen) atoms. The lowest BCUT2D eigenvalue weighted by Gasteiger charge is -2.14. The van der Waals surface area contributed by atoms with Gasteiger partial charge in [0.15, 0.2) is 5.11 Å². The molecule has 0 amide bonds. The minimum atomic E-state index is -0.263. The zero-order chi connectivity index (χ0) is 23.0. The van der Waals surface area contributed by atoms with Crippen LogP contribution in [0, 0.1) is 0 Å². The summed E-state index contributed by atoms with van der Waals surface area (Å²) in [6.45, 7) is 2.20. The van der Waals surface area contributed by atoms with E-state index in [9.17, 15) is 4.79 Å². The highest BCUT2D eigenvalue weighted by atomic mass is 32.2. The van der Waals surface area contributed by atoms with Crippen molar-refractivity contribution in [2.45, 2.75) is 55.2 Å². The lowest BCUT2D eigenvalue weighted by Crippen LogP contribution is -2.21. The Morgan fingerprint density at radius 3 is 2.52 bits per heavy atom. The first-order valence-electron chi connectivity index (χ1n) is 11.4. The fourth-order valence-corrected chi connectivity index (χ4v) is 6.44. The number of ether oxygens (including phenoxy) is 1. The molecule has 1 heterocycles. The quantitative estimate of drug-likeness (QED) is 0.271. The van der Waals surface area contributed by atoms with Gasteiger partial charge in [0.25, 0.3) is 0 Å². The van der Waals surface area contributed by atoms with E-state index in [2.05, 4.69) is 28.8 Å². The Labute approximate surface area is 209 Å². The molecule has 0 spiro atoms. The van der Waals surface area contributed by atoms with E-state index in [1.807, 2.05) is 43.3 Å². The van der Waals surface area contributed by atoms with E-state index in [-0.39, 0.29) is 5.97 Å². The Kier molecular flexibility index (Phi) is 8.42. The van der Waals surface area contributed by atoms with Gasteiger partial charge in [-0.3, -0.25) is 0 Å². The number of anilines is 2. The lowest BCUT2D eigenvalue weighted by molar-refractivity contribution is 0.0526. The Balaban J connectivity index is 1.55. The summed E-state index contributed by atoms with van der Waals surface area (Å²) < 4.78 is 5.41. The van der Waals surface area contributed by atoms with Crippen LogP contribution in [0.2, 0.25) is 0 Å². The number of thiophene rings is 1. The molecule has 1 aliphatic carbocycles. The number of nitrogens with one attached hydrogen (secondary N) is 2. The fourth-order valence-electron chi connectivity index (χ4n) is 3.96. The number of rotatable bonds is 6. The molecule has 0 atom stereocenters. The third kappa shape index (κ3) is 6.16. The largest absolute Gasteiger partial charge is 0.462 e. The van der Waals surface area contributed by atoms with Crippen molar-refractivity contribution in [1.82, 2.24) is 0 Å². The number of thiocarbonyl (C=S) groups is 1. The number of esters is 1. The first-order chi connectivity index (χ1) is 16.2. The van der Waals surface area contributed by atoms with Crippen molar-refractivity contribution >= 4 is 57.1 Å². The van der Waals surface area contributed by atoms with E-state index >= 15 is 0 Å². The van der Waals surface area contributed by atoms with Crippen LogP contribution in [0.4, 0.5) is 10.7 Å². The Hall–Kier alpha value is -2.35. The fraction of sp³-hybridized carbons (Fsp3) is 0.308. The molecular formula is C26H28N2O2S3. The van der Waals surface area contributed by atoms with Gasteiger partial charge in [0.2, 0.25) is 0 Å². The summed E-state index contributed by atoms with van der Waals surface area (Å²) in [5, 5.41) is 7.90. The van der Waals surface area contributed by atoms with E-state index in [1.165, 1.54) is 17.7 Å². The lowest BCUT2D eigenvalue weighted by atomic mass is 9.96. The predicted octanol–water partition coefficient (Wildman–Crippen LogP) is 7.54. The highest BCUT2D eigenvalue weighted by Gasteiger charge is 2.25. The van der Waals surface area contributed by atoms with Gasteiger partial charge in [-0.05, 0) is 74.7 Å². The van der Waals surface area contributed by atoms with Crippen molar-refractivity contribution in [2.75, 3.05) is 17.2 Å². The third-order valence-electron chi connectivity index (χ3n) is 5.48. The number of benzene rings is 2.